The Morgan fingerprint density at radius 1 is 1.45 bits per heavy atom. The molecule has 4 rings (SSSR count). The first-order valence-electron chi connectivity index (χ1n) is 7.45. The van der Waals surface area contributed by atoms with Crippen molar-refractivity contribution in [2.75, 3.05) is 19.5 Å². The van der Waals surface area contributed by atoms with E-state index < -0.39 is 5.60 Å². The van der Waals surface area contributed by atoms with E-state index in [0.29, 0.717) is 23.6 Å². The number of nitrogens with zero attached hydrogens (tertiary/aromatic N) is 4. The monoisotopic (exact) mass is 305 g/mol. The van der Waals surface area contributed by atoms with Gasteiger partial charge in [-0.25, -0.2) is 15.0 Å². The number of hydrogen-bond acceptors (Lipinski definition) is 7. The number of aromatic nitrogens is 4. The normalized spacial score (nSPS) is 33.8. The fourth-order valence-corrected chi connectivity index (χ4v) is 3.66. The van der Waals surface area contributed by atoms with Crippen molar-refractivity contribution < 1.29 is 14.2 Å². The van der Waals surface area contributed by atoms with Gasteiger partial charge in [0.2, 0.25) is 0 Å². The van der Waals surface area contributed by atoms with Gasteiger partial charge in [0.1, 0.15) is 29.7 Å². The number of methoxy groups -OCH3 is 1. The highest BCUT2D eigenvalue weighted by Crippen LogP contribution is 2.49. The Morgan fingerprint density at radius 3 is 3.09 bits per heavy atom. The van der Waals surface area contributed by atoms with E-state index in [1.54, 1.807) is 13.4 Å². The Labute approximate surface area is 127 Å². The molecule has 2 aromatic heterocycles. The summed E-state index contributed by atoms with van der Waals surface area (Å²) < 4.78 is 19.8. The van der Waals surface area contributed by atoms with Gasteiger partial charge in [-0.1, -0.05) is 13.3 Å². The van der Waals surface area contributed by atoms with Gasteiger partial charge in [-0.15, -0.1) is 0 Å². The zero-order chi connectivity index (χ0) is 15.3. The lowest BCUT2D eigenvalue weighted by molar-refractivity contribution is -0.175. The average Bonchev–Trinajstić information content (AvgIpc) is 3.16. The molecule has 0 aromatic carbocycles. The van der Waals surface area contributed by atoms with Crippen LogP contribution in [0, 0.1) is 0 Å². The summed E-state index contributed by atoms with van der Waals surface area (Å²) >= 11 is 0. The summed E-state index contributed by atoms with van der Waals surface area (Å²) in [4.78, 5) is 12.5. The largest absolute Gasteiger partial charge is 0.382 e. The second kappa shape index (κ2) is 4.87. The van der Waals surface area contributed by atoms with Crippen molar-refractivity contribution >= 4 is 17.0 Å². The molecular weight excluding hydrogens is 286 g/mol. The van der Waals surface area contributed by atoms with Crippen LogP contribution in [0.1, 0.15) is 26.0 Å². The maximum atomic E-state index is 6.36. The van der Waals surface area contributed by atoms with Gasteiger partial charge in [-0.3, -0.25) is 4.57 Å². The van der Waals surface area contributed by atoms with E-state index in [0.717, 1.165) is 12.8 Å². The summed E-state index contributed by atoms with van der Waals surface area (Å²) in [6.45, 7) is 2.69. The van der Waals surface area contributed by atoms with E-state index in [1.807, 2.05) is 4.57 Å². The van der Waals surface area contributed by atoms with Gasteiger partial charge in [0, 0.05) is 7.11 Å². The summed E-state index contributed by atoms with van der Waals surface area (Å²) in [5, 5.41) is 0. The number of fused-ring (bicyclic) bond motifs is 3. The Morgan fingerprint density at radius 2 is 2.32 bits per heavy atom. The molecule has 2 N–H and O–H groups in total. The molecule has 0 spiro atoms. The molecule has 0 saturated carbocycles. The minimum absolute atomic E-state index is 0.0888. The number of hydrogen-bond donors (Lipinski definition) is 1. The topological polar surface area (TPSA) is 97.3 Å². The number of rotatable bonds is 4. The lowest BCUT2D eigenvalue weighted by Crippen LogP contribution is -2.41. The minimum Gasteiger partial charge on any atom is -0.382 e. The highest BCUT2D eigenvalue weighted by atomic mass is 16.7. The molecule has 22 heavy (non-hydrogen) atoms. The summed E-state index contributed by atoms with van der Waals surface area (Å²) in [6.07, 6.45) is 4.42. The number of anilines is 1. The standard InChI is InChI=1S/C14H19N5O3/c1-3-4-14-5-21-9(10(14)20-2)13(22-14)19-7-18-8-11(15)16-6-17-12(8)19/h6-7,9-10,13H,3-5H2,1-2H3,(H2,15,16,17)/t9-,10?,13+,14-/m0/s1. The zero-order valence-corrected chi connectivity index (χ0v) is 12.6. The highest BCUT2D eigenvalue weighted by molar-refractivity contribution is 5.81. The van der Waals surface area contributed by atoms with Crippen LogP contribution in [0.3, 0.4) is 0 Å². The third-order valence-corrected chi connectivity index (χ3v) is 4.56. The molecule has 0 radical (unpaired) electrons. The van der Waals surface area contributed by atoms with Gasteiger partial charge in [0.05, 0.1) is 12.9 Å². The molecule has 118 valence electrons. The number of ether oxygens (including phenoxy) is 3. The maximum Gasteiger partial charge on any atom is 0.167 e. The van der Waals surface area contributed by atoms with Crippen molar-refractivity contribution in [3.63, 3.8) is 0 Å². The van der Waals surface area contributed by atoms with Gasteiger partial charge in [0.25, 0.3) is 0 Å². The zero-order valence-electron chi connectivity index (χ0n) is 12.6. The molecule has 2 aliphatic rings. The fraction of sp³-hybridized carbons (Fsp3) is 0.643. The van der Waals surface area contributed by atoms with Crippen LogP contribution in [0.4, 0.5) is 5.82 Å². The summed E-state index contributed by atoms with van der Waals surface area (Å²) in [5.74, 6) is 0.361. The third kappa shape index (κ3) is 1.71. The Kier molecular flexibility index (Phi) is 3.07. The van der Waals surface area contributed by atoms with E-state index in [4.69, 9.17) is 19.9 Å². The smallest absolute Gasteiger partial charge is 0.167 e. The highest BCUT2D eigenvalue weighted by Gasteiger charge is 2.62. The van der Waals surface area contributed by atoms with Gasteiger partial charge in [-0.05, 0) is 6.42 Å². The van der Waals surface area contributed by atoms with Crippen LogP contribution in [0.25, 0.3) is 11.2 Å². The average molecular weight is 305 g/mol. The molecule has 2 aliphatic heterocycles. The molecule has 0 amide bonds. The van der Waals surface area contributed by atoms with Crippen LogP contribution < -0.4 is 5.73 Å². The number of nitrogens with two attached hydrogens (primary N) is 1. The van der Waals surface area contributed by atoms with Crippen molar-refractivity contribution in [1.29, 1.82) is 0 Å². The fourth-order valence-electron chi connectivity index (χ4n) is 3.66. The second-order valence-corrected chi connectivity index (χ2v) is 5.84. The molecule has 4 atom stereocenters. The first kappa shape index (κ1) is 13.9. The van der Waals surface area contributed by atoms with Crippen LogP contribution in [0.15, 0.2) is 12.7 Å². The molecule has 2 fully saturated rings. The third-order valence-electron chi connectivity index (χ3n) is 4.56. The molecule has 0 aliphatic carbocycles. The molecular formula is C14H19N5O3. The van der Waals surface area contributed by atoms with Crippen molar-refractivity contribution in [2.45, 2.75) is 43.8 Å². The van der Waals surface area contributed by atoms with Gasteiger partial charge < -0.3 is 19.9 Å². The Bertz CT molecular complexity index is 705. The molecule has 2 aromatic rings. The predicted molar refractivity (Wildman–Crippen MR) is 78.0 cm³/mol. The number of nitrogen functional groups attached to an aromatic ring is 1. The van der Waals surface area contributed by atoms with Crippen molar-refractivity contribution in [2.24, 2.45) is 0 Å². The molecule has 8 nitrogen and oxygen atoms in total. The summed E-state index contributed by atoms with van der Waals surface area (Å²) in [5.41, 5.74) is 6.68. The van der Waals surface area contributed by atoms with E-state index in [2.05, 4.69) is 21.9 Å². The van der Waals surface area contributed by atoms with Crippen LogP contribution in [0.2, 0.25) is 0 Å². The quantitative estimate of drug-likeness (QED) is 0.895. The lowest BCUT2D eigenvalue weighted by Gasteiger charge is -2.31. The molecule has 8 heteroatoms. The van der Waals surface area contributed by atoms with E-state index in [-0.39, 0.29) is 18.4 Å². The minimum atomic E-state index is -0.395. The van der Waals surface area contributed by atoms with Crippen LogP contribution in [0.5, 0.6) is 0 Å². The van der Waals surface area contributed by atoms with Crippen LogP contribution in [-0.2, 0) is 14.2 Å². The van der Waals surface area contributed by atoms with Crippen LogP contribution >= 0.6 is 0 Å². The Hall–Kier alpha value is -1.77. The molecule has 4 heterocycles. The van der Waals surface area contributed by atoms with Crippen LogP contribution in [-0.4, -0.2) is 51.0 Å². The first-order chi connectivity index (χ1) is 10.7. The van der Waals surface area contributed by atoms with E-state index in [1.165, 1.54) is 6.33 Å². The molecule has 2 saturated heterocycles. The van der Waals surface area contributed by atoms with Gasteiger partial charge in [-0.2, -0.15) is 0 Å². The van der Waals surface area contributed by atoms with Gasteiger partial charge >= 0.3 is 0 Å². The van der Waals surface area contributed by atoms with E-state index >= 15 is 0 Å². The number of imidazole rings is 1. The molecule has 1 unspecified atom stereocenters. The summed E-state index contributed by atoms with van der Waals surface area (Å²) in [7, 11) is 1.70. The van der Waals surface area contributed by atoms with Crippen molar-refractivity contribution in [3.8, 4) is 0 Å². The van der Waals surface area contributed by atoms with Gasteiger partial charge in [0.15, 0.2) is 17.7 Å². The SMILES string of the molecule is CCC[C@]12CO[C@@H](C1OC)[C@H](n1cnc3c(N)ncnc31)O2. The molecule has 2 bridgehead atoms. The first-order valence-corrected chi connectivity index (χ1v) is 7.45. The van der Waals surface area contributed by atoms with Crippen molar-refractivity contribution in [1.82, 2.24) is 19.5 Å². The lowest BCUT2D eigenvalue weighted by atomic mass is 9.94. The second-order valence-electron chi connectivity index (χ2n) is 5.84. The summed E-state index contributed by atoms with van der Waals surface area (Å²) in [6, 6.07) is 0. The van der Waals surface area contributed by atoms with Crippen molar-refractivity contribution in [3.05, 3.63) is 12.7 Å². The van der Waals surface area contributed by atoms with E-state index in [9.17, 15) is 0 Å². The predicted octanol–water partition coefficient (Wildman–Crippen LogP) is 0.890. The maximum absolute atomic E-state index is 6.36. The Balaban J connectivity index is 1.76.